The largest absolute Gasteiger partial charge is 0.378 e. The second kappa shape index (κ2) is 7.30. The van der Waals surface area contributed by atoms with Gasteiger partial charge in [0, 0.05) is 37.1 Å². The lowest BCUT2D eigenvalue weighted by Gasteiger charge is -2.42. The number of hydrogen-bond acceptors (Lipinski definition) is 6. The predicted molar refractivity (Wildman–Crippen MR) is 93.9 cm³/mol. The highest BCUT2D eigenvalue weighted by Gasteiger charge is 2.33. The summed E-state index contributed by atoms with van der Waals surface area (Å²) < 4.78 is 11.1. The van der Waals surface area contributed by atoms with Gasteiger partial charge in [-0.05, 0) is 31.9 Å². The molecule has 4 heterocycles. The fourth-order valence-corrected chi connectivity index (χ4v) is 3.77. The molecule has 0 aliphatic carbocycles. The van der Waals surface area contributed by atoms with Gasteiger partial charge in [-0.15, -0.1) is 0 Å². The highest BCUT2D eigenvalue weighted by Crippen LogP contribution is 2.21. The van der Waals surface area contributed by atoms with Crippen molar-refractivity contribution >= 4 is 17.5 Å². The summed E-state index contributed by atoms with van der Waals surface area (Å²) in [6.07, 6.45) is 2.83. The van der Waals surface area contributed by atoms with E-state index in [9.17, 15) is 9.59 Å². The number of ether oxygens (including phenoxy) is 2. The molecule has 2 amide bonds. The van der Waals surface area contributed by atoms with E-state index in [1.54, 1.807) is 18.3 Å². The molecule has 0 spiro atoms. The Morgan fingerprint density at radius 1 is 1.27 bits per heavy atom. The number of carbonyl (C=O) groups excluding carboxylic acids is 2. The van der Waals surface area contributed by atoms with Crippen molar-refractivity contribution < 1.29 is 19.1 Å². The van der Waals surface area contributed by atoms with E-state index in [1.165, 1.54) is 0 Å². The normalized spacial score (nSPS) is 30.9. The fourth-order valence-electron chi connectivity index (χ4n) is 3.77. The number of aromatic nitrogens is 1. The maximum atomic E-state index is 12.8. The number of hydrogen-bond donors (Lipinski definition) is 2. The van der Waals surface area contributed by atoms with E-state index in [0.717, 1.165) is 12.8 Å². The Morgan fingerprint density at radius 3 is 2.73 bits per heavy atom. The van der Waals surface area contributed by atoms with E-state index < -0.39 is 6.10 Å². The average molecular weight is 360 g/mol. The van der Waals surface area contributed by atoms with Crippen LogP contribution in [0.2, 0.25) is 0 Å². The lowest BCUT2D eigenvalue weighted by atomic mass is 10.1. The second-order valence-corrected chi connectivity index (χ2v) is 7.24. The molecule has 3 saturated heterocycles. The minimum Gasteiger partial charge on any atom is -0.378 e. The van der Waals surface area contributed by atoms with Gasteiger partial charge in [0.25, 0.3) is 11.8 Å². The first-order valence-electron chi connectivity index (χ1n) is 9.14. The van der Waals surface area contributed by atoms with Gasteiger partial charge in [0.2, 0.25) is 0 Å². The highest BCUT2D eigenvalue weighted by molar-refractivity contribution is 5.97. The molecular weight excluding hydrogens is 336 g/mol. The monoisotopic (exact) mass is 360 g/mol. The van der Waals surface area contributed by atoms with Crippen molar-refractivity contribution in [1.29, 1.82) is 0 Å². The third kappa shape index (κ3) is 3.72. The summed E-state index contributed by atoms with van der Waals surface area (Å²) in [5.74, 6) is -0.293. The van der Waals surface area contributed by atoms with Crippen LogP contribution in [0.1, 0.15) is 30.3 Å². The average Bonchev–Trinajstić information content (AvgIpc) is 3.07. The molecule has 1 aromatic heterocycles. The van der Waals surface area contributed by atoms with Crippen LogP contribution in [0.25, 0.3) is 0 Å². The zero-order valence-electron chi connectivity index (χ0n) is 14.8. The van der Waals surface area contributed by atoms with Crippen LogP contribution < -0.4 is 10.6 Å². The van der Waals surface area contributed by atoms with Crippen molar-refractivity contribution in [3.63, 3.8) is 0 Å². The predicted octanol–water partition coefficient (Wildman–Crippen LogP) is 0.400. The van der Waals surface area contributed by atoms with Crippen LogP contribution in [-0.4, -0.2) is 72.3 Å². The first-order chi connectivity index (χ1) is 12.6. The van der Waals surface area contributed by atoms with Gasteiger partial charge in [-0.3, -0.25) is 14.6 Å². The summed E-state index contributed by atoms with van der Waals surface area (Å²) in [6, 6.07) is 3.65. The number of pyridine rings is 1. The molecule has 2 N–H and O–H groups in total. The summed E-state index contributed by atoms with van der Waals surface area (Å²) >= 11 is 0. The lowest BCUT2D eigenvalue weighted by molar-refractivity contribution is -0.126. The van der Waals surface area contributed by atoms with Crippen LogP contribution in [0.15, 0.2) is 18.3 Å². The molecule has 2 bridgehead atoms. The van der Waals surface area contributed by atoms with Gasteiger partial charge >= 0.3 is 0 Å². The van der Waals surface area contributed by atoms with E-state index in [0.29, 0.717) is 37.7 Å². The third-order valence-electron chi connectivity index (χ3n) is 5.05. The molecular formula is C18H24N4O4. The topological polar surface area (TPSA) is 92.8 Å². The van der Waals surface area contributed by atoms with E-state index in [2.05, 4.69) is 15.6 Å². The zero-order chi connectivity index (χ0) is 18.1. The molecule has 3 aliphatic heterocycles. The number of amides is 2. The molecule has 26 heavy (non-hydrogen) atoms. The highest BCUT2D eigenvalue weighted by atomic mass is 16.5. The SMILES string of the molecule is CC1CCC(C(=O)Nc2ccnc(C(=O)N3CC4COCC(C3)N4)c2)O1. The number of morpholine rings is 1. The molecule has 1 aromatic rings. The van der Waals surface area contributed by atoms with Gasteiger partial charge in [0.1, 0.15) is 11.8 Å². The maximum absolute atomic E-state index is 12.8. The Labute approximate surface area is 152 Å². The van der Waals surface area contributed by atoms with Gasteiger partial charge in [-0.2, -0.15) is 0 Å². The molecule has 0 radical (unpaired) electrons. The Morgan fingerprint density at radius 2 is 2.04 bits per heavy atom. The summed E-state index contributed by atoms with van der Waals surface area (Å²) in [5, 5.41) is 6.29. The molecule has 8 heteroatoms. The molecule has 3 aliphatic rings. The Bertz CT molecular complexity index is 686. The van der Waals surface area contributed by atoms with E-state index in [-0.39, 0.29) is 30.0 Å². The second-order valence-electron chi connectivity index (χ2n) is 7.24. The van der Waals surface area contributed by atoms with Gasteiger partial charge in [0.05, 0.1) is 19.3 Å². The number of nitrogens with one attached hydrogen (secondary N) is 2. The van der Waals surface area contributed by atoms with Crippen molar-refractivity contribution in [3.05, 3.63) is 24.0 Å². The van der Waals surface area contributed by atoms with Crippen molar-refractivity contribution in [3.8, 4) is 0 Å². The number of rotatable bonds is 3. The number of nitrogens with zero attached hydrogens (tertiary/aromatic N) is 2. The fraction of sp³-hybridized carbons (Fsp3) is 0.611. The molecule has 0 saturated carbocycles. The first-order valence-corrected chi connectivity index (χ1v) is 9.14. The van der Waals surface area contributed by atoms with Gasteiger partial charge in [-0.25, -0.2) is 0 Å². The number of piperazine rings is 1. The molecule has 8 nitrogen and oxygen atoms in total. The zero-order valence-corrected chi connectivity index (χ0v) is 14.8. The Balaban J connectivity index is 1.42. The summed E-state index contributed by atoms with van der Waals surface area (Å²) in [4.78, 5) is 31.1. The Hall–Kier alpha value is -2.03. The van der Waals surface area contributed by atoms with Crippen molar-refractivity contribution in [2.75, 3.05) is 31.6 Å². The first kappa shape index (κ1) is 17.4. The molecule has 4 atom stereocenters. The number of carbonyl (C=O) groups is 2. The molecule has 4 unspecified atom stereocenters. The summed E-state index contributed by atoms with van der Waals surface area (Å²) in [6.45, 7) is 4.39. The van der Waals surface area contributed by atoms with Gasteiger partial charge in [-0.1, -0.05) is 0 Å². The molecule has 3 fully saturated rings. The van der Waals surface area contributed by atoms with Crippen molar-refractivity contribution in [2.24, 2.45) is 0 Å². The van der Waals surface area contributed by atoms with Crippen LogP contribution in [0.4, 0.5) is 5.69 Å². The molecule has 0 aromatic carbocycles. The Kier molecular flexibility index (Phi) is 4.88. The van der Waals surface area contributed by atoms with Crippen molar-refractivity contribution in [2.45, 2.75) is 44.1 Å². The quantitative estimate of drug-likeness (QED) is 0.811. The summed E-state index contributed by atoms with van der Waals surface area (Å²) in [5.41, 5.74) is 0.902. The molecule has 4 rings (SSSR count). The third-order valence-corrected chi connectivity index (χ3v) is 5.05. The van der Waals surface area contributed by atoms with E-state index in [1.807, 2.05) is 11.8 Å². The van der Waals surface area contributed by atoms with Crippen LogP contribution in [0.5, 0.6) is 0 Å². The van der Waals surface area contributed by atoms with Crippen LogP contribution in [-0.2, 0) is 14.3 Å². The number of fused-ring (bicyclic) bond motifs is 2. The molecule has 140 valence electrons. The lowest BCUT2D eigenvalue weighted by Crippen LogP contribution is -2.63. The van der Waals surface area contributed by atoms with Crippen molar-refractivity contribution in [1.82, 2.24) is 15.2 Å². The van der Waals surface area contributed by atoms with Crippen LogP contribution >= 0.6 is 0 Å². The number of anilines is 1. The maximum Gasteiger partial charge on any atom is 0.272 e. The van der Waals surface area contributed by atoms with Crippen LogP contribution in [0, 0.1) is 0 Å². The smallest absolute Gasteiger partial charge is 0.272 e. The minimum absolute atomic E-state index is 0.108. The van der Waals surface area contributed by atoms with E-state index >= 15 is 0 Å². The van der Waals surface area contributed by atoms with E-state index in [4.69, 9.17) is 9.47 Å². The minimum atomic E-state index is -0.426. The summed E-state index contributed by atoms with van der Waals surface area (Å²) in [7, 11) is 0. The standard InChI is InChI=1S/C18H24N4O4/c1-11-2-3-16(26-11)17(23)21-12-4-5-19-15(6-12)18(24)22-7-13-9-25-10-14(8-22)20-13/h4-6,11,13-14,16,20H,2-3,7-10H2,1H3,(H,19,21,23). The van der Waals surface area contributed by atoms with Gasteiger partial charge < -0.3 is 25.0 Å². The van der Waals surface area contributed by atoms with Gasteiger partial charge in [0.15, 0.2) is 0 Å². The van der Waals surface area contributed by atoms with Crippen LogP contribution in [0.3, 0.4) is 0 Å².